The van der Waals surface area contributed by atoms with Crippen molar-refractivity contribution < 1.29 is 4.79 Å². The topological polar surface area (TPSA) is 78.9 Å². The number of benzene rings is 2. The maximum atomic E-state index is 11.1. The molecule has 6 heteroatoms. The molecular formula is C22H25N5O. The summed E-state index contributed by atoms with van der Waals surface area (Å²) in [4.78, 5) is 20.1. The number of hydrogen-bond acceptors (Lipinski definition) is 5. The van der Waals surface area contributed by atoms with Crippen molar-refractivity contribution in [3.8, 4) is 0 Å². The average molecular weight is 375 g/mol. The van der Waals surface area contributed by atoms with Crippen LogP contribution in [0.25, 0.3) is 0 Å². The zero-order valence-electron chi connectivity index (χ0n) is 16.6. The Kier molecular flexibility index (Phi) is 5.89. The number of nitrogens with zero attached hydrogens (tertiary/aromatic N) is 2. The second-order valence-electron chi connectivity index (χ2n) is 6.66. The number of aromatic nitrogens is 2. The average Bonchev–Trinajstić information content (AvgIpc) is 2.64. The summed E-state index contributed by atoms with van der Waals surface area (Å²) in [6, 6.07) is 15.7. The number of hydrogen-bond donors (Lipinski definition) is 3. The molecule has 3 rings (SSSR count). The van der Waals surface area contributed by atoms with Crippen molar-refractivity contribution in [3.63, 3.8) is 0 Å². The number of carbonyl (C=O) groups excluding carboxylic acids is 1. The Morgan fingerprint density at radius 3 is 2.21 bits per heavy atom. The summed E-state index contributed by atoms with van der Waals surface area (Å²) in [7, 11) is 0. The minimum absolute atomic E-state index is 0.0921. The molecule has 0 bridgehead atoms. The summed E-state index contributed by atoms with van der Waals surface area (Å²) in [6.07, 6.45) is 0.944. The molecular weight excluding hydrogens is 350 g/mol. The van der Waals surface area contributed by atoms with Gasteiger partial charge in [-0.3, -0.25) is 4.79 Å². The van der Waals surface area contributed by atoms with E-state index in [-0.39, 0.29) is 5.91 Å². The third-order valence-electron chi connectivity index (χ3n) is 4.31. The first kappa shape index (κ1) is 19.4. The summed E-state index contributed by atoms with van der Waals surface area (Å²) in [5, 5.41) is 9.50. The lowest BCUT2D eigenvalue weighted by Gasteiger charge is -2.15. The zero-order chi connectivity index (χ0) is 20.1. The van der Waals surface area contributed by atoms with E-state index in [0.29, 0.717) is 11.6 Å². The molecule has 0 fully saturated rings. The molecule has 0 aliphatic heterocycles. The Bertz CT molecular complexity index is 983. The van der Waals surface area contributed by atoms with Gasteiger partial charge in [-0.2, -0.15) is 0 Å². The number of aryl methyl sites for hydroxylation is 3. The van der Waals surface area contributed by atoms with Gasteiger partial charge in [0.05, 0.1) is 0 Å². The van der Waals surface area contributed by atoms with Crippen LogP contribution in [0.5, 0.6) is 0 Å². The lowest BCUT2D eigenvalue weighted by atomic mass is 10.1. The van der Waals surface area contributed by atoms with Crippen LogP contribution in [0, 0.1) is 13.8 Å². The van der Waals surface area contributed by atoms with Gasteiger partial charge in [0.15, 0.2) is 0 Å². The number of nitrogens with one attached hydrogen (secondary N) is 3. The summed E-state index contributed by atoms with van der Waals surface area (Å²) < 4.78 is 0. The fourth-order valence-corrected chi connectivity index (χ4v) is 3.01. The Morgan fingerprint density at radius 2 is 1.57 bits per heavy atom. The van der Waals surface area contributed by atoms with Crippen LogP contribution in [-0.4, -0.2) is 15.9 Å². The third kappa shape index (κ3) is 4.85. The first-order valence-corrected chi connectivity index (χ1v) is 9.30. The van der Waals surface area contributed by atoms with Crippen LogP contribution in [0.4, 0.5) is 28.7 Å². The molecule has 0 aliphatic rings. The van der Waals surface area contributed by atoms with E-state index < -0.39 is 0 Å². The van der Waals surface area contributed by atoms with Crippen LogP contribution < -0.4 is 16.0 Å². The van der Waals surface area contributed by atoms with Gasteiger partial charge in [0.2, 0.25) is 5.91 Å². The normalized spacial score (nSPS) is 10.4. The lowest BCUT2D eigenvalue weighted by Crippen LogP contribution is -2.06. The minimum atomic E-state index is -0.0921. The molecule has 1 heterocycles. The Balaban J connectivity index is 1.81. The highest BCUT2D eigenvalue weighted by Gasteiger charge is 2.08. The molecule has 28 heavy (non-hydrogen) atoms. The quantitative estimate of drug-likeness (QED) is 0.558. The standard InChI is InChI=1S/C22H25N5O/c1-5-17-8-6-7-14(2)22(17)27-21-13-20(23-15(3)24-21)26-19-11-9-18(10-12-19)25-16(4)28/h6-13H,5H2,1-4H3,(H,25,28)(H2,23,24,26,27). The molecule has 3 N–H and O–H groups in total. The fraction of sp³-hybridized carbons (Fsp3) is 0.227. The van der Waals surface area contributed by atoms with E-state index in [1.54, 1.807) is 0 Å². The molecule has 3 aromatic rings. The van der Waals surface area contributed by atoms with E-state index >= 15 is 0 Å². The van der Waals surface area contributed by atoms with Gasteiger partial charge in [0.25, 0.3) is 0 Å². The highest BCUT2D eigenvalue weighted by molar-refractivity contribution is 5.88. The summed E-state index contributed by atoms with van der Waals surface area (Å²) in [5.74, 6) is 2.03. The van der Waals surface area contributed by atoms with Crippen LogP contribution in [-0.2, 0) is 11.2 Å². The molecule has 1 amide bonds. The van der Waals surface area contributed by atoms with Crippen LogP contribution in [0.15, 0.2) is 48.5 Å². The van der Waals surface area contributed by atoms with Gasteiger partial charge in [-0.15, -0.1) is 0 Å². The van der Waals surface area contributed by atoms with Gasteiger partial charge in [0, 0.05) is 30.1 Å². The molecule has 6 nitrogen and oxygen atoms in total. The highest BCUT2D eigenvalue weighted by Crippen LogP contribution is 2.26. The molecule has 0 saturated carbocycles. The van der Waals surface area contributed by atoms with Gasteiger partial charge >= 0.3 is 0 Å². The second-order valence-corrected chi connectivity index (χ2v) is 6.66. The van der Waals surface area contributed by atoms with E-state index in [9.17, 15) is 4.79 Å². The predicted molar refractivity (Wildman–Crippen MR) is 115 cm³/mol. The van der Waals surface area contributed by atoms with Crippen molar-refractivity contribution in [1.82, 2.24) is 9.97 Å². The number of para-hydroxylation sites is 1. The van der Waals surface area contributed by atoms with Crippen molar-refractivity contribution in [2.24, 2.45) is 0 Å². The van der Waals surface area contributed by atoms with Crippen LogP contribution in [0.2, 0.25) is 0 Å². The van der Waals surface area contributed by atoms with Crippen molar-refractivity contribution in [2.45, 2.75) is 34.1 Å². The number of amides is 1. The predicted octanol–water partition coefficient (Wildman–Crippen LogP) is 5.10. The van der Waals surface area contributed by atoms with E-state index in [4.69, 9.17) is 0 Å². The van der Waals surface area contributed by atoms with E-state index in [2.05, 4.69) is 58.0 Å². The van der Waals surface area contributed by atoms with Crippen LogP contribution >= 0.6 is 0 Å². The monoisotopic (exact) mass is 375 g/mol. The SMILES string of the molecule is CCc1cccc(C)c1Nc1cc(Nc2ccc(NC(C)=O)cc2)nc(C)n1. The molecule has 0 aliphatic carbocycles. The third-order valence-corrected chi connectivity index (χ3v) is 4.31. The smallest absolute Gasteiger partial charge is 0.221 e. The fourth-order valence-electron chi connectivity index (χ4n) is 3.01. The minimum Gasteiger partial charge on any atom is -0.340 e. The Hall–Kier alpha value is -3.41. The van der Waals surface area contributed by atoms with E-state index in [0.717, 1.165) is 29.3 Å². The number of rotatable bonds is 6. The van der Waals surface area contributed by atoms with Crippen molar-refractivity contribution >= 4 is 34.6 Å². The van der Waals surface area contributed by atoms with E-state index in [1.165, 1.54) is 18.1 Å². The van der Waals surface area contributed by atoms with Crippen molar-refractivity contribution in [1.29, 1.82) is 0 Å². The largest absolute Gasteiger partial charge is 0.340 e. The maximum absolute atomic E-state index is 11.1. The molecule has 1 aromatic heterocycles. The molecule has 0 unspecified atom stereocenters. The first-order valence-electron chi connectivity index (χ1n) is 9.30. The Labute approximate surface area is 165 Å². The second kappa shape index (κ2) is 8.52. The number of carbonyl (C=O) groups is 1. The summed E-state index contributed by atoms with van der Waals surface area (Å²) in [5.41, 5.74) is 5.15. The molecule has 144 valence electrons. The zero-order valence-corrected chi connectivity index (χ0v) is 16.6. The molecule has 0 saturated heterocycles. The van der Waals surface area contributed by atoms with Crippen LogP contribution in [0.3, 0.4) is 0 Å². The molecule has 0 radical (unpaired) electrons. The summed E-state index contributed by atoms with van der Waals surface area (Å²) >= 11 is 0. The maximum Gasteiger partial charge on any atom is 0.221 e. The summed E-state index contributed by atoms with van der Waals surface area (Å²) in [6.45, 7) is 7.59. The van der Waals surface area contributed by atoms with Gasteiger partial charge in [0.1, 0.15) is 17.5 Å². The van der Waals surface area contributed by atoms with Gasteiger partial charge in [-0.25, -0.2) is 9.97 Å². The van der Waals surface area contributed by atoms with Gasteiger partial charge in [-0.1, -0.05) is 25.1 Å². The van der Waals surface area contributed by atoms with Crippen LogP contribution in [0.1, 0.15) is 30.8 Å². The van der Waals surface area contributed by atoms with Gasteiger partial charge < -0.3 is 16.0 Å². The molecule has 0 atom stereocenters. The Morgan fingerprint density at radius 1 is 0.929 bits per heavy atom. The van der Waals surface area contributed by atoms with E-state index in [1.807, 2.05) is 37.3 Å². The van der Waals surface area contributed by atoms with Crippen molar-refractivity contribution in [2.75, 3.05) is 16.0 Å². The molecule has 2 aromatic carbocycles. The lowest BCUT2D eigenvalue weighted by molar-refractivity contribution is -0.114. The van der Waals surface area contributed by atoms with Crippen molar-refractivity contribution in [3.05, 3.63) is 65.5 Å². The highest BCUT2D eigenvalue weighted by atomic mass is 16.1. The number of anilines is 5. The van der Waals surface area contributed by atoms with Gasteiger partial charge in [-0.05, 0) is 55.7 Å². The molecule has 0 spiro atoms. The first-order chi connectivity index (χ1) is 13.4.